The molecule has 0 aliphatic carbocycles. The van der Waals surface area contributed by atoms with E-state index >= 15 is 0 Å². The first-order valence-electron chi connectivity index (χ1n) is 10.0. The number of carbonyl (C=O) groups is 1. The van der Waals surface area contributed by atoms with Gasteiger partial charge < -0.3 is 15.5 Å². The van der Waals surface area contributed by atoms with Crippen LogP contribution < -0.4 is 10.6 Å². The zero-order valence-electron chi connectivity index (χ0n) is 18.1. The Morgan fingerprint density at radius 2 is 1.84 bits per heavy atom. The second-order valence-corrected chi connectivity index (χ2v) is 9.16. The normalized spacial score (nSPS) is 11.8. The summed E-state index contributed by atoms with van der Waals surface area (Å²) in [5.41, 5.74) is 1.62. The Hall–Kier alpha value is -2.94. The molecule has 0 radical (unpaired) electrons. The van der Waals surface area contributed by atoms with E-state index in [2.05, 4.69) is 15.6 Å². The summed E-state index contributed by atoms with van der Waals surface area (Å²) in [5, 5.41) is 6.21. The summed E-state index contributed by atoms with van der Waals surface area (Å²) in [5.74, 6) is -0.627. The summed E-state index contributed by atoms with van der Waals surface area (Å²) in [6.45, 7) is 3.06. The Morgan fingerprint density at radius 3 is 2.52 bits per heavy atom. The van der Waals surface area contributed by atoms with Crippen molar-refractivity contribution in [1.82, 2.24) is 15.5 Å². The van der Waals surface area contributed by atoms with E-state index in [1.807, 2.05) is 25.1 Å². The highest BCUT2D eigenvalue weighted by Gasteiger charge is 2.18. The van der Waals surface area contributed by atoms with Crippen molar-refractivity contribution < 1.29 is 17.6 Å². The van der Waals surface area contributed by atoms with Crippen molar-refractivity contribution in [2.24, 2.45) is 4.99 Å². The maximum Gasteiger partial charge on any atom is 0.253 e. The highest BCUT2D eigenvalue weighted by Crippen LogP contribution is 2.15. The van der Waals surface area contributed by atoms with Crippen LogP contribution in [0.25, 0.3) is 0 Å². The third-order valence-electron chi connectivity index (χ3n) is 4.43. The lowest BCUT2D eigenvalue weighted by Gasteiger charge is -2.13. The van der Waals surface area contributed by atoms with E-state index in [-0.39, 0.29) is 23.1 Å². The molecule has 0 saturated heterocycles. The molecule has 0 spiro atoms. The average molecular weight is 449 g/mol. The molecule has 2 N–H and O–H groups in total. The predicted molar refractivity (Wildman–Crippen MR) is 121 cm³/mol. The van der Waals surface area contributed by atoms with E-state index in [0.717, 1.165) is 11.6 Å². The van der Waals surface area contributed by atoms with Gasteiger partial charge in [0, 0.05) is 32.7 Å². The Kier molecular flexibility index (Phi) is 8.99. The van der Waals surface area contributed by atoms with Gasteiger partial charge in [-0.05, 0) is 43.2 Å². The van der Waals surface area contributed by atoms with E-state index in [1.54, 1.807) is 20.2 Å². The summed E-state index contributed by atoms with van der Waals surface area (Å²) in [6, 6.07) is 12.8. The summed E-state index contributed by atoms with van der Waals surface area (Å²) < 4.78 is 38.5. The quantitative estimate of drug-likeness (QED) is 0.453. The average Bonchev–Trinajstić information content (AvgIpc) is 2.73. The van der Waals surface area contributed by atoms with E-state index in [1.165, 1.54) is 23.1 Å². The van der Waals surface area contributed by atoms with Crippen molar-refractivity contribution in [3.05, 3.63) is 65.5 Å². The summed E-state index contributed by atoms with van der Waals surface area (Å²) in [4.78, 5) is 17.6. The highest BCUT2D eigenvalue weighted by molar-refractivity contribution is 7.91. The van der Waals surface area contributed by atoms with Crippen LogP contribution in [-0.2, 0) is 16.3 Å². The minimum atomic E-state index is -3.76. The van der Waals surface area contributed by atoms with Crippen LogP contribution in [0, 0.1) is 5.82 Å². The largest absolute Gasteiger partial charge is 0.357 e. The summed E-state index contributed by atoms with van der Waals surface area (Å²) in [7, 11) is -0.338. The van der Waals surface area contributed by atoms with Gasteiger partial charge in [-0.1, -0.05) is 24.3 Å². The number of hydrogen-bond acceptors (Lipinski definition) is 4. The van der Waals surface area contributed by atoms with Crippen molar-refractivity contribution in [1.29, 1.82) is 0 Å². The van der Waals surface area contributed by atoms with Crippen LogP contribution in [0.4, 0.5) is 4.39 Å². The van der Waals surface area contributed by atoms with Crippen LogP contribution in [0.15, 0.2) is 58.4 Å². The van der Waals surface area contributed by atoms with Gasteiger partial charge in [-0.15, -0.1) is 0 Å². The molecule has 0 atom stereocenters. The molecule has 1 amide bonds. The van der Waals surface area contributed by atoms with Crippen LogP contribution in [0.5, 0.6) is 0 Å². The Labute approximate surface area is 183 Å². The first kappa shape index (κ1) is 24.3. The van der Waals surface area contributed by atoms with E-state index in [4.69, 9.17) is 0 Å². The molecule has 2 aromatic rings. The number of guanidine groups is 1. The number of halogens is 1. The fourth-order valence-electron chi connectivity index (χ4n) is 2.87. The van der Waals surface area contributed by atoms with Crippen molar-refractivity contribution in [3.63, 3.8) is 0 Å². The monoisotopic (exact) mass is 448 g/mol. The molecule has 31 heavy (non-hydrogen) atoms. The van der Waals surface area contributed by atoms with Gasteiger partial charge in [0.1, 0.15) is 10.7 Å². The fraction of sp³-hybridized carbons (Fsp3) is 0.364. The number of hydrogen-bond donors (Lipinski definition) is 2. The molecule has 0 aliphatic heterocycles. The summed E-state index contributed by atoms with van der Waals surface area (Å²) in [6.07, 6.45) is 0.659. The lowest BCUT2D eigenvalue weighted by Crippen LogP contribution is -2.38. The molecule has 2 rings (SSSR count). The van der Waals surface area contributed by atoms with Gasteiger partial charge in [0.25, 0.3) is 5.91 Å². The number of amides is 1. The molecule has 0 heterocycles. The number of nitrogens with zero attached hydrogens (tertiary/aromatic N) is 2. The van der Waals surface area contributed by atoms with Crippen molar-refractivity contribution in [3.8, 4) is 0 Å². The van der Waals surface area contributed by atoms with Crippen LogP contribution in [0.3, 0.4) is 0 Å². The van der Waals surface area contributed by atoms with Crippen LogP contribution >= 0.6 is 0 Å². The Morgan fingerprint density at radius 1 is 1.10 bits per heavy atom. The molecule has 0 bridgehead atoms. The van der Waals surface area contributed by atoms with Gasteiger partial charge in [-0.2, -0.15) is 0 Å². The van der Waals surface area contributed by atoms with Crippen LogP contribution in [0.1, 0.15) is 22.8 Å². The first-order valence-corrected chi connectivity index (χ1v) is 11.7. The van der Waals surface area contributed by atoms with Crippen LogP contribution in [0.2, 0.25) is 0 Å². The maximum absolute atomic E-state index is 13.8. The number of benzene rings is 2. The molecule has 168 valence electrons. The molecule has 9 heteroatoms. The van der Waals surface area contributed by atoms with Gasteiger partial charge in [0.2, 0.25) is 0 Å². The molecule has 2 aromatic carbocycles. The predicted octanol–water partition coefficient (Wildman–Crippen LogP) is 2.10. The molecule has 0 fully saturated rings. The zero-order chi connectivity index (χ0) is 22.9. The maximum atomic E-state index is 13.8. The standard InChI is InChI=1S/C22H29FN4O3S/c1-4-24-22(26-14-15-31(29,30)20-11-6-5-10-19(20)23)25-13-12-17-8-7-9-18(16-17)21(28)27(2)3/h5-11,16H,4,12-15H2,1-3H3,(H2,24,25,26). The fourth-order valence-corrected chi connectivity index (χ4v) is 4.07. The smallest absolute Gasteiger partial charge is 0.253 e. The number of nitrogens with one attached hydrogen (secondary N) is 2. The molecule has 0 unspecified atom stereocenters. The lowest BCUT2D eigenvalue weighted by molar-refractivity contribution is 0.0827. The number of sulfone groups is 1. The highest BCUT2D eigenvalue weighted by atomic mass is 32.2. The van der Waals surface area contributed by atoms with Crippen molar-refractivity contribution in [2.75, 3.05) is 39.5 Å². The Bertz CT molecular complexity index is 1020. The minimum absolute atomic E-state index is 0.00117. The summed E-state index contributed by atoms with van der Waals surface area (Å²) >= 11 is 0. The van der Waals surface area contributed by atoms with E-state index in [0.29, 0.717) is 31.0 Å². The van der Waals surface area contributed by atoms with Crippen molar-refractivity contribution in [2.45, 2.75) is 18.2 Å². The van der Waals surface area contributed by atoms with Gasteiger partial charge in [0.05, 0.1) is 12.3 Å². The molecule has 7 nitrogen and oxygen atoms in total. The molecule has 0 aliphatic rings. The zero-order valence-corrected chi connectivity index (χ0v) is 18.9. The third kappa shape index (κ3) is 7.36. The minimum Gasteiger partial charge on any atom is -0.357 e. The number of aliphatic imine (C=N–C) groups is 1. The van der Waals surface area contributed by atoms with Crippen LogP contribution in [-0.4, -0.2) is 64.7 Å². The van der Waals surface area contributed by atoms with Crippen molar-refractivity contribution >= 4 is 21.7 Å². The lowest BCUT2D eigenvalue weighted by atomic mass is 10.1. The van der Waals surface area contributed by atoms with Gasteiger partial charge in [-0.25, -0.2) is 12.8 Å². The van der Waals surface area contributed by atoms with E-state index in [9.17, 15) is 17.6 Å². The number of carbonyl (C=O) groups excluding carboxylic acids is 1. The molecular formula is C22H29FN4O3S. The SMILES string of the molecule is CCNC(=NCCS(=O)(=O)c1ccccc1F)NCCc1cccc(C(=O)N(C)C)c1. The van der Waals surface area contributed by atoms with Gasteiger partial charge in [-0.3, -0.25) is 9.79 Å². The third-order valence-corrected chi connectivity index (χ3v) is 6.15. The number of rotatable bonds is 9. The second kappa shape index (κ2) is 11.5. The molecule has 0 saturated carbocycles. The molecule has 0 aromatic heterocycles. The second-order valence-electron chi connectivity index (χ2n) is 7.09. The molecular weight excluding hydrogens is 419 g/mol. The van der Waals surface area contributed by atoms with Gasteiger partial charge >= 0.3 is 0 Å². The van der Waals surface area contributed by atoms with E-state index < -0.39 is 15.7 Å². The Balaban J connectivity index is 1.94. The first-order chi connectivity index (χ1) is 14.7. The topological polar surface area (TPSA) is 90.9 Å². The van der Waals surface area contributed by atoms with Gasteiger partial charge in [0.15, 0.2) is 15.8 Å².